The van der Waals surface area contributed by atoms with Crippen LogP contribution in [0.4, 0.5) is 0 Å². The van der Waals surface area contributed by atoms with E-state index in [2.05, 4.69) is 114 Å². The molecule has 3 aromatic carbocycles. The predicted octanol–water partition coefficient (Wildman–Crippen LogP) is 2.80. The van der Waals surface area contributed by atoms with Gasteiger partial charge in [0, 0.05) is 33.8 Å². The van der Waals surface area contributed by atoms with Crippen molar-refractivity contribution in [2.75, 3.05) is 28.2 Å². The monoisotopic (exact) mass is 449 g/mol. The van der Waals surface area contributed by atoms with Crippen molar-refractivity contribution < 1.29 is 9.90 Å². The molecule has 0 radical (unpaired) electrons. The summed E-state index contributed by atoms with van der Waals surface area (Å²) in [6.07, 6.45) is 1.07. The number of hydrogen-bond acceptors (Lipinski definition) is 6. The van der Waals surface area contributed by atoms with Crippen molar-refractivity contribution in [1.82, 2.24) is 24.8 Å². The van der Waals surface area contributed by atoms with Crippen LogP contribution in [-0.4, -0.2) is 58.9 Å². The Morgan fingerprint density at radius 3 is 2.00 bits per heavy atom. The fraction of sp³-hybridized carbons (Fsp3) is 0.208. The summed E-state index contributed by atoms with van der Waals surface area (Å²) >= 11 is 0. The van der Waals surface area contributed by atoms with Gasteiger partial charge in [-0.15, -0.1) is 0 Å². The highest BCUT2D eigenvalue weighted by atomic mass is 31.2. The molecule has 0 bridgehead atoms. The molecule has 0 aliphatic heterocycles. The summed E-state index contributed by atoms with van der Waals surface area (Å²) in [4.78, 5) is 10.5. The van der Waals surface area contributed by atoms with Crippen LogP contribution in [-0.2, 0) is 6.16 Å². The molecule has 32 heavy (non-hydrogen) atoms. The van der Waals surface area contributed by atoms with Crippen molar-refractivity contribution >= 4 is 29.9 Å². The number of carbonyl (C=O) groups excluding carboxylic acids is 1. The van der Waals surface area contributed by atoms with Crippen LogP contribution < -0.4 is 10.4 Å². The Kier molecular flexibility index (Phi) is 7.70. The van der Waals surface area contributed by atoms with Crippen LogP contribution in [0.3, 0.4) is 0 Å². The molecule has 7 nitrogen and oxygen atoms in total. The fourth-order valence-corrected chi connectivity index (χ4v) is 7.49. The number of aromatic nitrogens is 3. The van der Waals surface area contributed by atoms with Gasteiger partial charge in [0.05, 0.1) is 5.97 Å². The third-order valence-corrected chi connectivity index (χ3v) is 9.88. The van der Waals surface area contributed by atoms with Gasteiger partial charge in [-0.25, -0.2) is 0 Å². The summed E-state index contributed by atoms with van der Waals surface area (Å²) in [5, 5.41) is 21.7. The molecule has 8 heteroatoms. The van der Waals surface area contributed by atoms with E-state index in [1.165, 1.54) is 16.9 Å². The summed E-state index contributed by atoms with van der Waals surface area (Å²) in [5.41, 5.74) is 2.31. The molecule has 4 aromatic rings. The first-order valence-electron chi connectivity index (χ1n) is 10.2. The van der Waals surface area contributed by atoms with Gasteiger partial charge in [0.2, 0.25) is 0 Å². The number of benzene rings is 3. The predicted molar refractivity (Wildman–Crippen MR) is 129 cm³/mol. The number of H-pyrrole nitrogens is 1. The zero-order chi connectivity index (χ0) is 23.1. The van der Waals surface area contributed by atoms with E-state index in [9.17, 15) is 9.90 Å². The van der Waals surface area contributed by atoms with Gasteiger partial charge in [0.15, 0.2) is 7.56 Å². The zero-order valence-corrected chi connectivity index (χ0v) is 19.7. The summed E-state index contributed by atoms with van der Waals surface area (Å²) in [6, 6.07) is 26.4. The van der Waals surface area contributed by atoms with Gasteiger partial charge in [-0.1, -0.05) is 60.7 Å². The van der Waals surface area contributed by atoms with Gasteiger partial charge in [-0.05, 0) is 23.8 Å². The summed E-state index contributed by atoms with van der Waals surface area (Å²) < 4.78 is 4.82. The quantitative estimate of drug-likeness (QED) is 0.456. The first kappa shape index (κ1) is 23.5. The molecule has 0 amide bonds. The molecular formula is C24H28N5O2P. The molecule has 0 saturated carbocycles. The highest BCUT2D eigenvalue weighted by molar-refractivity contribution is 7.77. The Balaban J connectivity index is 0.000000204. The van der Waals surface area contributed by atoms with E-state index in [1.54, 1.807) is 12.1 Å². The second-order valence-corrected chi connectivity index (χ2v) is 11.6. The van der Waals surface area contributed by atoms with E-state index in [4.69, 9.17) is 0 Å². The SMILES string of the molecule is CN(C)[P+](Cc1ccccc1)(c1ccccc1)N(C)C.O=C([O-])c1cccc2n[nH]nc12. The van der Waals surface area contributed by atoms with E-state index < -0.39 is 13.5 Å². The number of carboxylic acid groups (broad SMARTS) is 1. The molecule has 1 N–H and O–H groups in total. The Morgan fingerprint density at radius 1 is 0.844 bits per heavy atom. The van der Waals surface area contributed by atoms with Gasteiger partial charge in [0.1, 0.15) is 22.5 Å². The second-order valence-electron chi connectivity index (χ2n) is 7.69. The molecule has 0 fully saturated rings. The lowest BCUT2D eigenvalue weighted by atomic mass is 10.2. The number of para-hydroxylation sites is 1. The van der Waals surface area contributed by atoms with Crippen molar-refractivity contribution in [2.45, 2.75) is 6.16 Å². The number of aromatic amines is 1. The van der Waals surface area contributed by atoms with Crippen LogP contribution in [0, 0.1) is 0 Å². The molecule has 0 spiro atoms. The van der Waals surface area contributed by atoms with Crippen molar-refractivity contribution in [2.24, 2.45) is 0 Å². The highest BCUT2D eigenvalue weighted by Gasteiger charge is 2.46. The molecule has 0 saturated heterocycles. The lowest BCUT2D eigenvalue weighted by Crippen LogP contribution is -2.35. The molecule has 0 aliphatic carbocycles. The summed E-state index contributed by atoms with van der Waals surface area (Å²) in [6.45, 7) is 0. The zero-order valence-electron chi connectivity index (χ0n) is 18.8. The molecule has 1 heterocycles. The topological polar surface area (TPSA) is 88.2 Å². The average Bonchev–Trinajstić information content (AvgIpc) is 3.27. The van der Waals surface area contributed by atoms with Crippen LogP contribution in [0.15, 0.2) is 78.9 Å². The molecule has 0 atom stereocenters. The maximum absolute atomic E-state index is 10.5. The maximum atomic E-state index is 10.5. The minimum atomic E-state index is -1.55. The van der Waals surface area contributed by atoms with Gasteiger partial charge < -0.3 is 9.90 Å². The normalized spacial score (nSPS) is 11.4. The van der Waals surface area contributed by atoms with E-state index in [0.717, 1.165) is 6.16 Å². The number of carboxylic acids is 1. The van der Waals surface area contributed by atoms with Crippen molar-refractivity contribution in [3.63, 3.8) is 0 Å². The van der Waals surface area contributed by atoms with Crippen molar-refractivity contribution in [3.05, 3.63) is 90.0 Å². The third-order valence-electron chi connectivity index (χ3n) is 5.31. The minimum absolute atomic E-state index is 0.0567. The molecule has 166 valence electrons. The summed E-state index contributed by atoms with van der Waals surface area (Å²) in [5.74, 6) is -1.24. The molecule has 4 rings (SSSR count). The number of nitrogens with one attached hydrogen (secondary N) is 1. The minimum Gasteiger partial charge on any atom is -0.545 e. The Bertz CT molecular complexity index is 1140. The summed E-state index contributed by atoms with van der Waals surface area (Å²) in [7, 11) is 7.24. The van der Waals surface area contributed by atoms with Gasteiger partial charge in [-0.3, -0.25) is 0 Å². The van der Waals surface area contributed by atoms with E-state index >= 15 is 0 Å². The lowest BCUT2D eigenvalue weighted by molar-refractivity contribution is -0.254. The van der Waals surface area contributed by atoms with E-state index in [0.29, 0.717) is 11.0 Å². The molecule has 0 aliphatic rings. The van der Waals surface area contributed by atoms with E-state index in [1.807, 2.05) is 0 Å². The van der Waals surface area contributed by atoms with Crippen LogP contribution in [0.25, 0.3) is 11.0 Å². The van der Waals surface area contributed by atoms with Crippen molar-refractivity contribution in [1.29, 1.82) is 0 Å². The molecular weight excluding hydrogens is 421 g/mol. The maximum Gasteiger partial charge on any atom is 0.189 e. The highest BCUT2D eigenvalue weighted by Crippen LogP contribution is 2.63. The Morgan fingerprint density at radius 2 is 1.44 bits per heavy atom. The van der Waals surface area contributed by atoms with Gasteiger partial charge in [-0.2, -0.15) is 24.8 Å². The first-order chi connectivity index (χ1) is 15.4. The van der Waals surface area contributed by atoms with Gasteiger partial charge in [0.25, 0.3) is 0 Å². The average molecular weight is 449 g/mol. The second kappa shape index (κ2) is 10.5. The number of carbonyl (C=O) groups is 1. The number of fused-ring (bicyclic) bond motifs is 1. The first-order valence-corrected chi connectivity index (χ1v) is 12.1. The van der Waals surface area contributed by atoms with Crippen LogP contribution in [0.5, 0.6) is 0 Å². The Hall–Kier alpha value is -3.12. The largest absolute Gasteiger partial charge is 0.545 e. The number of hydrogen-bond donors (Lipinski definition) is 1. The Labute approximate surface area is 189 Å². The number of nitrogens with zero attached hydrogens (tertiary/aromatic N) is 4. The van der Waals surface area contributed by atoms with E-state index in [-0.39, 0.29) is 5.56 Å². The fourth-order valence-electron chi connectivity index (χ4n) is 3.73. The van der Waals surface area contributed by atoms with Gasteiger partial charge >= 0.3 is 0 Å². The van der Waals surface area contributed by atoms with Crippen molar-refractivity contribution in [3.8, 4) is 0 Å². The number of rotatable bonds is 6. The lowest BCUT2D eigenvalue weighted by Gasteiger charge is -2.36. The van der Waals surface area contributed by atoms with Crippen LogP contribution in [0.2, 0.25) is 0 Å². The van der Waals surface area contributed by atoms with Crippen LogP contribution in [0.1, 0.15) is 15.9 Å². The smallest absolute Gasteiger partial charge is 0.189 e. The molecule has 0 unspecified atom stereocenters. The van der Waals surface area contributed by atoms with Crippen LogP contribution >= 0.6 is 7.56 Å². The number of aromatic carboxylic acids is 1. The molecule has 1 aromatic heterocycles. The third kappa shape index (κ3) is 5.02. The standard InChI is InChI=1S/C17H24N2P.C7H5N3O2/c1-18(2)20(19(3)4,17-13-9-6-10-14-17)15-16-11-7-5-8-12-16;11-7(12)4-2-1-3-5-6(4)9-10-8-5/h5-14H,15H2,1-4H3;1-3H,(H,11,12)(H,8,9,10)/q+1;/p-1.